The van der Waals surface area contributed by atoms with E-state index in [4.69, 9.17) is 11.6 Å². The third kappa shape index (κ3) is 3.00. The van der Waals surface area contributed by atoms with E-state index >= 15 is 0 Å². The van der Waals surface area contributed by atoms with Crippen molar-refractivity contribution in [1.82, 2.24) is 4.90 Å². The van der Waals surface area contributed by atoms with Crippen LogP contribution in [0.15, 0.2) is 24.3 Å². The second-order valence-corrected chi connectivity index (χ2v) is 3.49. The minimum Gasteiger partial charge on any atom is -0.300 e. The molecule has 0 aromatic heterocycles. The molecule has 12 heavy (non-hydrogen) atoms. The zero-order chi connectivity index (χ0) is 8.81. The van der Waals surface area contributed by atoms with Crippen molar-refractivity contribution in [3.63, 3.8) is 0 Å². The molecule has 0 bridgehead atoms. The molecule has 1 aliphatic rings. The SMILES string of the molecule is C=CC1CCN(C/C=C/Cl)CC1. The molecular formula is C10H16ClN. The summed E-state index contributed by atoms with van der Waals surface area (Å²) in [5.74, 6) is 0.737. The lowest BCUT2D eigenvalue weighted by Gasteiger charge is -2.29. The van der Waals surface area contributed by atoms with Crippen LogP contribution in [0.5, 0.6) is 0 Å². The predicted molar refractivity (Wildman–Crippen MR) is 54.4 cm³/mol. The molecule has 0 aliphatic carbocycles. The maximum absolute atomic E-state index is 5.45. The lowest BCUT2D eigenvalue weighted by atomic mass is 9.97. The molecule has 1 saturated heterocycles. The van der Waals surface area contributed by atoms with Gasteiger partial charge in [-0.1, -0.05) is 23.8 Å². The second kappa shape index (κ2) is 5.39. The molecule has 1 fully saturated rings. The maximum Gasteiger partial charge on any atom is 0.0174 e. The van der Waals surface area contributed by atoms with E-state index in [9.17, 15) is 0 Å². The molecular weight excluding hydrogens is 170 g/mol. The van der Waals surface area contributed by atoms with Crippen molar-refractivity contribution in [2.75, 3.05) is 19.6 Å². The minimum absolute atomic E-state index is 0.737. The topological polar surface area (TPSA) is 3.24 Å². The Kier molecular flexibility index (Phi) is 4.41. The van der Waals surface area contributed by atoms with Crippen LogP contribution in [0.3, 0.4) is 0 Å². The molecule has 0 aromatic carbocycles. The first-order valence-corrected chi connectivity index (χ1v) is 4.90. The van der Waals surface area contributed by atoms with Crippen LogP contribution < -0.4 is 0 Å². The smallest absolute Gasteiger partial charge is 0.0174 e. The number of hydrogen-bond acceptors (Lipinski definition) is 1. The standard InChI is InChI=1S/C10H16ClN/c1-2-10-4-8-12(9-5-10)7-3-6-11/h2-3,6,10H,1,4-5,7-9H2/b6-3+. The van der Waals surface area contributed by atoms with Crippen molar-refractivity contribution >= 4 is 11.6 Å². The van der Waals surface area contributed by atoms with Gasteiger partial charge in [-0.15, -0.1) is 6.58 Å². The summed E-state index contributed by atoms with van der Waals surface area (Å²) in [6.07, 6.45) is 6.57. The van der Waals surface area contributed by atoms with E-state index in [1.54, 1.807) is 5.54 Å². The van der Waals surface area contributed by atoms with Crippen LogP contribution in [0.25, 0.3) is 0 Å². The van der Waals surface area contributed by atoms with E-state index in [-0.39, 0.29) is 0 Å². The summed E-state index contributed by atoms with van der Waals surface area (Å²) in [5, 5.41) is 0. The molecule has 0 spiro atoms. The van der Waals surface area contributed by atoms with Crippen LogP contribution in [0.4, 0.5) is 0 Å². The summed E-state index contributed by atoms with van der Waals surface area (Å²) in [6.45, 7) is 7.17. The van der Waals surface area contributed by atoms with Gasteiger partial charge in [0, 0.05) is 12.1 Å². The molecule has 1 aliphatic heterocycles. The van der Waals surface area contributed by atoms with Crippen molar-refractivity contribution in [1.29, 1.82) is 0 Å². The van der Waals surface area contributed by atoms with Gasteiger partial charge in [-0.3, -0.25) is 4.90 Å². The van der Waals surface area contributed by atoms with Gasteiger partial charge in [-0.25, -0.2) is 0 Å². The van der Waals surface area contributed by atoms with Crippen molar-refractivity contribution in [2.24, 2.45) is 5.92 Å². The molecule has 1 heterocycles. The van der Waals surface area contributed by atoms with Crippen LogP contribution >= 0.6 is 11.6 Å². The Balaban J connectivity index is 2.21. The summed E-state index contributed by atoms with van der Waals surface area (Å²) in [4.78, 5) is 2.42. The second-order valence-electron chi connectivity index (χ2n) is 3.24. The van der Waals surface area contributed by atoms with Crippen molar-refractivity contribution in [3.05, 3.63) is 24.3 Å². The molecule has 0 N–H and O–H groups in total. The van der Waals surface area contributed by atoms with E-state index in [2.05, 4.69) is 17.6 Å². The third-order valence-corrected chi connectivity index (χ3v) is 2.60. The molecule has 0 radical (unpaired) electrons. The average molecular weight is 186 g/mol. The van der Waals surface area contributed by atoms with E-state index in [0.29, 0.717) is 0 Å². The van der Waals surface area contributed by atoms with Crippen molar-refractivity contribution < 1.29 is 0 Å². The Morgan fingerprint density at radius 3 is 2.58 bits per heavy atom. The molecule has 0 amide bonds. The molecule has 2 heteroatoms. The fourth-order valence-corrected chi connectivity index (χ4v) is 1.64. The Labute approximate surface area is 79.7 Å². The van der Waals surface area contributed by atoms with Crippen LogP contribution in [0, 0.1) is 5.92 Å². The monoisotopic (exact) mass is 185 g/mol. The van der Waals surface area contributed by atoms with Gasteiger partial charge in [0.1, 0.15) is 0 Å². The normalized spacial score (nSPS) is 21.8. The molecule has 1 nitrogen and oxygen atoms in total. The summed E-state index contributed by atoms with van der Waals surface area (Å²) >= 11 is 5.45. The van der Waals surface area contributed by atoms with E-state index in [1.165, 1.54) is 25.9 Å². The van der Waals surface area contributed by atoms with E-state index in [0.717, 1.165) is 12.5 Å². The van der Waals surface area contributed by atoms with Crippen LogP contribution in [0.2, 0.25) is 0 Å². The van der Waals surface area contributed by atoms with E-state index < -0.39 is 0 Å². The first-order valence-electron chi connectivity index (χ1n) is 4.47. The number of likely N-dealkylation sites (tertiary alicyclic amines) is 1. The third-order valence-electron chi connectivity index (χ3n) is 2.42. The summed E-state index contributed by atoms with van der Waals surface area (Å²) in [7, 11) is 0. The lowest BCUT2D eigenvalue weighted by molar-refractivity contribution is 0.222. The zero-order valence-electron chi connectivity index (χ0n) is 7.38. The van der Waals surface area contributed by atoms with Gasteiger partial charge in [0.2, 0.25) is 0 Å². The Morgan fingerprint density at radius 2 is 2.08 bits per heavy atom. The summed E-state index contributed by atoms with van der Waals surface area (Å²) in [5.41, 5.74) is 1.60. The van der Waals surface area contributed by atoms with Crippen LogP contribution in [-0.4, -0.2) is 24.5 Å². The lowest BCUT2D eigenvalue weighted by Crippen LogP contribution is -2.33. The van der Waals surface area contributed by atoms with Gasteiger partial charge >= 0.3 is 0 Å². The Hall–Kier alpha value is -0.270. The highest BCUT2D eigenvalue weighted by molar-refractivity contribution is 6.25. The van der Waals surface area contributed by atoms with Gasteiger partial charge in [0.15, 0.2) is 0 Å². The number of nitrogens with zero attached hydrogens (tertiary/aromatic N) is 1. The fraction of sp³-hybridized carbons (Fsp3) is 0.600. The van der Waals surface area contributed by atoms with Gasteiger partial charge in [-0.2, -0.15) is 0 Å². The average Bonchev–Trinajstić information content (AvgIpc) is 2.15. The number of rotatable bonds is 3. The number of hydrogen-bond donors (Lipinski definition) is 0. The highest BCUT2D eigenvalue weighted by Crippen LogP contribution is 2.17. The van der Waals surface area contributed by atoms with Gasteiger partial charge in [0.25, 0.3) is 0 Å². The first-order chi connectivity index (χ1) is 5.86. The molecule has 0 aromatic rings. The Bertz CT molecular complexity index is 157. The minimum atomic E-state index is 0.737. The van der Waals surface area contributed by atoms with Gasteiger partial charge in [0.05, 0.1) is 0 Å². The number of halogens is 1. The molecule has 68 valence electrons. The van der Waals surface area contributed by atoms with Gasteiger partial charge in [-0.05, 0) is 31.8 Å². The largest absolute Gasteiger partial charge is 0.300 e. The quantitative estimate of drug-likeness (QED) is 0.612. The predicted octanol–water partition coefficient (Wildman–Crippen LogP) is 2.64. The zero-order valence-corrected chi connectivity index (χ0v) is 8.13. The first kappa shape index (κ1) is 9.82. The van der Waals surface area contributed by atoms with Gasteiger partial charge < -0.3 is 0 Å². The molecule has 0 saturated carbocycles. The number of piperidine rings is 1. The summed E-state index contributed by atoms with van der Waals surface area (Å²) in [6, 6.07) is 0. The van der Waals surface area contributed by atoms with E-state index in [1.807, 2.05) is 6.08 Å². The van der Waals surface area contributed by atoms with Crippen LogP contribution in [0.1, 0.15) is 12.8 Å². The number of allylic oxidation sites excluding steroid dienone is 1. The summed E-state index contributed by atoms with van der Waals surface area (Å²) < 4.78 is 0. The highest BCUT2D eigenvalue weighted by Gasteiger charge is 2.14. The maximum atomic E-state index is 5.45. The fourth-order valence-electron chi connectivity index (χ4n) is 1.56. The van der Waals surface area contributed by atoms with Crippen molar-refractivity contribution in [3.8, 4) is 0 Å². The van der Waals surface area contributed by atoms with Crippen molar-refractivity contribution in [2.45, 2.75) is 12.8 Å². The molecule has 1 rings (SSSR count). The van der Waals surface area contributed by atoms with Crippen LogP contribution in [-0.2, 0) is 0 Å². The molecule has 0 atom stereocenters. The Morgan fingerprint density at radius 1 is 1.42 bits per heavy atom. The molecule has 0 unspecified atom stereocenters. The highest BCUT2D eigenvalue weighted by atomic mass is 35.5.